The van der Waals surface area contributed by atoms with Crippen LogP contribution >= 0.6 is 0 Å². The molecule has 0 saturated carbocycles. The number of hydrogen-bond donors (Lipinski definition) is 0. The number of carbonyl (C=O) groups excluding carboxylic acids is 3. The molecule has 1 fully saturated rings. The molecule has 1 saturated heterocycles. The van der Waals surface area contributed by atoms with E-state index in [1.807, 2.05) is 91.0 Å². The molecule has 1 aliphatic rings. The molecular formula is C47H40O9. The topological polar surface area (TPSA) is 107 Å². The highest BCUT2D eigenvalue weighted by molar-refractivity contribution is 5.91. The number of rotatable bonds is 13. The molecule has 0 amide bonds. The standard InChI is InChI=1S/C47H40O9/c1-51-46-42(56-45(50)35-24-12-4-13-25-35)41(55-44(49)34-22-10-3-11-23-34)40(54-43(48)33-20-8-2-9-21-33)39(53-46)32-52-47(36-26-14-5-15-27-36,37-28-16-6-17-29-37)38-30-18-7-19-31-38/h2-31,39-42,46H,32H2,1H3/t39-,40-,41-,42+,46+/m1/s1. The van der Waals surface area contributed by atoms with E-state index in [1.165, 1.54) is 7.11 Å². The molecule has 0 bridgehead atoms. The average Bonchev–Trinajstić information content (AvgIpc) is 3.27. The fourth-order valence-corrected chi connectivity index (χ4v) is 6.88. The van der Waals surface area contributed by atoms with Crippen LogP contribution in [0.1, 0.15) is 47.8 Å². The number of benzene rings is 6. The van der Waals surface area contributed by atoms with Gasteiger partial charge in [0.25, 0.3) is 0 Å². The number of methoxy groups -OCH3 is 1. The van der Waals surface area contributed by atoms with Gasteiger partial charge in [-0.3, -0.25) is 0 Å². The fraction of sp³-hybridized carbons (Fsp3) is 0.170. The van der Waals surface area contributed by atoms with Crippen LogP contribution in [0.5, 0.6) is 0 Å². The largest absolute Gasteiger partial charge is 0.452 e. The maximum atomic E-state index is 13.9. The second-order valence-electron chi connectivity index (χ2n) is 13.1. The SMILES string of the molecule is CO[C@H]1O[C@H](COC(c2ccccc2)(c2ccccc2)c2ccccc2)[C@@H](OC(=O)c2ccccc2)[C@@H](OC(=O)c2ccccc2)[C@@H]1OC(=O)c1ccccc1. The first-order valence-corrected chi connectivity index (χ1v) is 18.2. The van der Waals surface area contributed by atoms with Crippen LogP contribution in [0.3, 0.4) is 0 Å². The third-order valence-electron chi connectivity index (χ3n) is 9.59. The summed E-state index contributed by atoms with van der Waals surface area (Å²) in [6.07, 6.45) is -6.57. The van der Waals surface area contributed by atoms with Gasteiger partial charge in [0.15, 0.2) is 24.6 Å². The number of esters is 3. The molecule has 1 aliphatic heterocycles. The van der Waals surface area contributed by atoms with Crippen LogP contribution in [0.15, 0.2) is 182 Å². The molecule has 9 heteroatoms. The van der Waals surface area contributed by atoms with Crippen molar-refractivity contribution in [3.8, 4) is 0 Å². The molecule has 0 radical (unpaired) electrons. The van der Waals surface area contributed by atoms with Crippen LogP contribution < -0.4 is 0 Å². The van der Waals surface area contributed by atoms with Gasteiger partial charge in [-0.1, -0.05) is 146 Å². The second-order valence-corrected chi connectivity index (χ2v) is 13.1. The van der Waals surface area contributed by atoms with Gasteiger partial charge in [-0.05, 0) is 53.1 Å². The zero-order valence-electron chi connectivity index (χ0n) is 30.6. The predicted octanol–water partition coefficient (Wildman–Crippen LogP) is 8.04. The molecule has 7 rings (SSSR count). The summed E-state index contributed by atoms with van der Waals surface area (Å²) in [5.41, 5.74) is 2.04. The Hall–Kier alpha value is -6.39. The summed E-state index contributed by atoms with van der Waals surface area (Å²) in [6.45, 7) is -0.204. The zero-order valence-corrected chi connectivity index (χ0v) is 30.6. The van der Waals surface area contributed by atoms with Gasteiger partial charge in [-0.15, -0.1) is 0 Å². The summed E-state index contributed by atoms with van der Waals surface area (Å²) < 4.78 is 38.1. The van der Waals surface area contributed by atoms with Crippen LogP contribution in [-0.4, -0.2) is 62.3 Å². The van der Waals surface area contributed by atoms with Gasteiger partial charge >= 0.3 is 17.9 Å². The minimum atomic E-state index is -1.42. The fourth-order valence-electron chi connectivity index (χ4n) is 6.88. The molecule has 6 aromatic rings. The van der Waals surface area contributed by atoms with Crippen LogP contribution in [0.2, 0.25) is 0 Å². The lowest BCUT2D eigenvalue weighted by Gasteiger charge is -2.45. The first kappa shape index (κ1) is 37.9. The molecule has 9 nitrogen and oxygen atoms in total. The van der Waals surface area contributed by atoms with Gasteiger partial charge in [0.1, 0.15) is 11.7 Å². The molecular weight excluding hydrogens is 709 g/mol. The van der Waals surface area contributed by atoms with Crippen molar-refractivity contribution in [2.75, 3.05) is 13.7 Å². The van der Waals surface area contributed by atoms with E-state index in [2.05, 4.69) is 0 Å². The van der Waals surface area contributed by atoms with Gasteiger partial charge in [0.2, 0.25) is 0 Å². The Balaban J connectivity index is 1.33. The van der Waals surface area contributed by atoms with E-state index in [0.29, 0.717) is 0 Å². The molecule has 0 N–H and O–H groups in total. The Labute approximate surface area is 325 Å². The minimum absolute atomic E-state index is 0.204. The molecule has 0 unspecified atom stereocenters. The van der Waals surface area contributed by atoms with E-state index < -0.39 is 54.2 Å². The lowest BCUT2D eigenvalue weighted by atomic mass is 9.80. The van der Waals surface area contributed by atoms with E-state index in [1.54, 1.807) is 91.0 Å². The lowest BCUT2D eigenvalue weighted by molar-refractivity contribution is -0.296. The van der Waals surface area contributed by atoms with Crippen molar-refractivity contribution in [3.63, 3.8) is 0 Å². The van der Waals surface area contributed by atoms with Crippen molar-refractivity contribution in [2.45, 2.75) is 36.3 Å². The monoisotopic (exact) mass is 748 g/mol. The van der Waals surface area contributed by atoms with E-state index in [0.717, 1.165) is 16.7 Å². The van der Waals surface area contributed by atoms with Crippen molar-refractivity contribution < 1.29 is 42.8 Å². The highest BCUT2D eigenvalue weighted by Gasteiger charge is 2.54. The van der Waals surface area contributed by atoms with Crippen molar-refractivity contribution in [3.05, 3.63) is 215 Å². The summed E-state index contributed by atoms with van der Waals surface area (Å²) in [5, 5.41) is 0. The molecule has 0 spiro atoms. The Bertz CT molecular complexity index is 2070. The summed E-state index contributed by atoms with van der Waals surface area (Å²) in [5.74, 6) is -2.17. The Kier molecular flexibility index (Phi) is 12.1. The first-order valence-electron chi connectivity index (χ1n) is 18.2. The first-order chi connectivity index (χ1) is 27.5. The molecule has 0 aliphatic carbocycles. The summed E-state index contributed by atoms with van der Waals surface area (Å²) in [4.78, 5) is 41.4. The highest BCUT2D eigenvalue weighted by atomic mass is 16.7. The number of carbonyl (C=O) groups is 3. The lowest BCUT2D eigenvalue weighted by Crippen LogP contribution is -2.63. The maximum absolute atomic E-state index is 13.9. The van der Waals surface area contributed by atoms with Crippen molar-refractivity contribution >= 4 is 17.9 Å². The zero-order chi connectivity index (χ0) is 38.7. The van der Waals surface area contributed by atoms with Crippen LogP contribution in [-0.2, 0) is 34.0 Å². The Morgan fingerprint density at radius 2 is 0.786 bits per heavy atom. The molecule has 1 heterocycles. The van der Waals surface area contributed by atoms with E-state index in [9.17, 15) is 14.4 Å². The normalized spacial score (nSPS) is 19.3. The van der Waals surface area contributed by atoms with Crippen LogP contribution in [0, 0.1) is 0 Å². The van der Waals surface area contributed by atoms with E-state index >= 15 is 0 Å². The van der Waals surface area contributed by atoms with Crippen molar-refractivity contribution in [1.29, 1.82) is 0 Å². The van der Waals surface area contributed by atoms with Gasteiger partial charge in [0.05, 0.1) is 23.3 Å². The molecule has 56 heavy (non-hydrogen) atoms. The predicted molar refractivity (Wildman–Crippen MR) is 208 cm³/mol. The quantitative estimate of drug-likeness (QED) is 0.0659. The molecule has 6 aromatic carbocycles. The van der Waals surface area contributed by atoms with Gasteiger partial charge in [-0.25, -0.2) is 14.4 Å². The number of ether oxygens (including phenoxy) is 6. The smallest absolute Gasteiger partial charge is 0.338 e. The van der Waals surface area contributed by atoms with Gasteiger partial charge in [0, 0.05) is 7.11 Å². The van der Waals surface area contributed by atoms with Gasteiger partial charge < -0.3 is 28.4 Å². The van der Waals surface area contributed by atoms with E-state index in [4.69, 9.17) is 28.4 Å². The van der Waals surface area contributed by atoms with Crippen LogP contribution in [0.4, 0.5) is 0 Å². The third kappa shape index (κ3) is 8.30. The summed E-state index contributed by atoms with van der Waals surface area (Å²) in [7, 11) is 1.39. The van der Waals surface area contributed by atoms with Crippen molar-refractivity contribution in [2.24, 2.45) is 0 Å². The highest BCUT2D eigenvalue weighted by Crippen LogP contribution is 2.42. The number of hydrogen-bond acceptors (Lipinski definition) is 9. The maximum Gasteiger partial charge on any atom is 0.338 e. The van der Waals surface area contributed by atoms with Gasteiger partial charge in [-0.2, -0.15) is 0 Å². The molecule has 5 atom stereocenters. The molecule has 282 valence electrons. The van der Waals surface area contributed by atoms with Crippen LogP contribution in [0.25, 0.3) is 0 Å². The minimum Gasteiger partial charge on any atom is -0.452 e. The summed E-state index contributed by atoms with van der Waals surface area (Å²) >= 11 is 0. The Morgan fingerprint density at radius 1 is 0.464 bits per heavy atom. The molecule has 0 aromatic heterocycles. The Morgan fingerprint density at radius 3 is 1.14 bits per heavy atom. The third-order valence-corrected chi connectivity index (χ3v) is 9.59. The van der Waals surface area contributed by atoms with E-state index in [-0.39, 0.29) is 23.3 Å². The average molecular weight is 749 g/mol. The second kappa shape index (κ2) is 17.8. The summed E-state index contributed by atoms with van der Waals surface area (Å²) in [6, 6.07) is 54.4. The van der Waals surface area contributed by atoms with Crippen molar-refractivity contribution in [1.82, 2.24) is 0 Å².